The molecule has 32 heavy (non-hydrogen) atoms. The Hall–Kier alpha value is -3.13. The number of amides is 1. The molecule has 3 heterocycles. The molecule has 0 radical (unpaired) electrons. The van der Waals surface area contributed by atoms with Crippen molar-refractivity contribution < 1.29 is 9.53 Å². The Bertz CT molecular complexity index is 987. The first-order chi connectivity index (χ1) is 15.6. The number of piperazine rings is 1. The Kier molecular flexibility index (Phi) is 7.21. The standard InChI is InChI=1S/C24H31N5O3/c1-25-24(28-14-12-27(13-15-28)23(31)21-5-4-16-32-21)26-17-19-7-9-20(10-8-19)18-29-11-3-2-6-22(29)30/h2-3,6-11,21H,4-5,12-18H2,1H3,(H,25,26). The molecule has 0 bridgehead atoms. The van der Waals surface area contributed by atoms with Crippen LogP contribution in [0.25, 0.3) is 0 Å². The van der Waals surface area contributed by atoms with Gasteiger partial charge in [-0.1, -0.05) is 30.3 Å². The maximum absolute atomic E-state index is 12.5. The molecule has 1 amide bonds. The summed E-state index contributed by atoms with van der Waals surface area (Å²) in [7, 11) is 1.78. The summed E-state index contributed by atoms with van der Waals surface area (Å²) in [5.74, 6) is 0.970. The summed E-state index contributed by atoms with van der Waals surface area (Å²) in [5, 5.41) is 3.43. The van der Waals surface area contributed by atoms with Gasteiger partial charge in [0.15, 0.2) is 5.96 Å². The number of hydrogen-bond donors (Lipinski definition) is 1. The van der Waals surface area contributed by atoms with Crippen molar-refractivity contribution in [2.24, 2.45) is 4.99 Å². The number of hydrogen-bond acceptors (Lipinski definition) is 4. The van der Waals surface area contributed by atoms with Crippen molar-refractivity contribution in [3.8, 4) is 0 Å². The molecule has 1 aromatic heterocycles. The minimum absolute atomic E-state index is 0.000363. The van der Waals surface area contributed by atoms with E-state index in [4.69, 9.17) is 4.74 Å². The minimum Gasteiger partial charge on any atom is -0.368 e. The molecule has 0 aliphatic carbocycles. The number of guanidine groups is 1. The molecule has 1 N–H and O–H groups in total. The van der Waals surface area contributed by atoms with Crippen molar-refractivity contribution in [2.45, 2.75) is 32.0 Å². The van der Waals surface area contributed by atoms with Crippen LogP contribution in [0.2, 0.25) is 0 Å². The predicted octanol–water partition coefficient (Wildman–Crippen LogP) is 1.30. The molecule has 1 aromatic carbocycles. The second kappa shape index (κ2) is 10.5. The lowest BCUT2D eigenvalue weighted by Crippen LogP contribution is -2.55. The topological polar surface area (TPSA) is 79.2 Å². The van der Waals surface area contributed by atoms with Gasteiger partial charge >= 0.3 is 0 Å². The van der Waals surface area contributed by atoms with Crippen LogP contribution in [0, 0.1) is 0 Å². The Morgan fingerprint density at radius 1 is 1.06 bits per heavy atom. The van der Waals surface area contributed by atoms with Crippen LogP contribution >= 0.6 is 0 Å². The summed E-state index contributed by atoms with van der Waals surface area (Å²) in [6.07, 6.45) is 3.36. The van der Waals surface area contributed by atoms with Gasteiger partial charge in [-0.25, -0.2) is 0 Å². The summed E-state index contributed by atoms with van der Waals surface area (Å²) in [4.78, 5) is 32.9. The zero-order valence-electron chi connectivity index (χ0n) is 18.6. The average Bonchev–Trinajstić information content (AvgIpc) is 3.37. The molecule has 0 saturated carbocycles. The highest BCUT2D eigenvalue weighted by Crippen LogP contribution is 2.16. The lowest BCUT2D eigenvalue weighted by atomic mass is 10.1. The number of carbonyl (C=O) groups excluding carboxylic acids is 1. The molecule has 2 saturated heterocycles. The largest absolute Gasteiger partial charge is 0.368 e. The first kappa shape index (κ1) is 22.1. The van der Waals surface area contributed by atoms with Crippen LogP contribution in [-0.2, 0) is 22.6 Å². The van der Waals surface area contributed by atoms with E-state index in [0.29, 0.717) is 32.8 Å². The van der Waals surface area contributed by atoms with Crippen LogP contribution in [0.4, 0.5) is 0 Å². The molecule has 1 atom stereocenters. The van der Waals surface area contributed by atoms with Gasteiger partial charge in [0.1, 0.15) is 6.10 Å². The molecule has 2 aliphatic rings. The summed E-state index contributed by atoms with van der Waals surface area (Å²) in [5.41, 5.74) is 2.22. The SMILES string of the molecule is CN=C(NCc1ccc(Cn2ccccc2=O)cc1)N1CCN(C(=O)C2CCCO2)CC1. The zero-order valence-corrected chi connectivity index (χ0v) is 18.6. The van der Waals surface area contributed by atoms with Crippen LogP contribution in [0.1, 0.15) is 24.0 Å². The van der Waals surface area contributed by atoms with E-state index in [9.17, 15) is 9.59 Å². The smallest absolute Gasteiger partial charge is 0.251 e. The molecule has 8 nitrogen and oxygen atoms in total. The molecule has 0 spiro atoms. The highest BCUT2D eigenvalue weighted by Gasteiger charge is 2.30. The lowest BCUT2D eigenvalue weighted by Gasteiger charge is -2.37. The van der Waals surface area contributed by atoms with E-state index in [1.54, 1.807) is 29.9 Å². The van der Waals surface area contributed by atoms with Crippen molar-refractivity contribution in [3.63, 3.8) is 0 Å². The zero-order chi connectivity index (χ0) is 22.3. The first-order valence-electron chi connectivity index (χ1n) is 11.2. The predicted molar refractivity (Wildman–Crippen MR) is 124 cm³/mol. The third-order valence-corrected chi connectivity index (χ3v) is 6.03. The number of nitrogens with zero attached hydrogens (tertiary/aromatic N) is 4. The molecule has 2 aromatic rings. The number of carbonyl (C=O) groups is 1. The Balaban J connectivity index is 1.26. The molecule has 1 unspecified atom stereocenters. The quantitative estimate of drug-likeness (QED) is 0.563. The number of aromatic nitrogens is 1. The van der Waals surface area contributed by atoms with E-state index >= 15 is 0 Å². The van der Waals surface area contributed by atoms with Gasteiger partial charge < -0.3 is 24.4 Å². The molecule has 4 rings (SSSR count). The molecule has 170 valence electrons. The number of pyridine rings is 1. The van der Waals surface area contributed by atoms with Gasteiger partial charge in [0, 0.05) is 58.6 Å². The van der Waals surface area contributed by atoms with E-state index in [2.05, 4.69) is 39.5 Å². The highest BCUT2D eigenvalue weighted by atomic mass is 16.5. The Labute approximate surface area is 188 Å². The monoisotopic (exact) mass is 437 g/mol. The van der Waals surface area contributed by atoms with Gasteiger partial charge in [-0.15, -0.1) is 0 Å². The van der Waals surface area contributed by atoms with Gasteiger partial charge in [0.25, 0.3) is 11.5 Å². The van der Waals surface area contributed by atoms with Gasteiger partial charge in [0.05, 0.1) is 6.54 Å². The Morgan fingerprint density at radius 2 is 1.78 bits per heavy atom. The molecule has 8 heteroatoms. The van der Waals surface area contributed by atoms with Crippen molar-refractivity contribution in [2.75, 3.05) is 39.8 Å². The number of nitrogens with one attached hydrogen (secondary N) is 1. The van der Waals surface area contributed by atoms with Crippen LogP contribution in [0.15, 0.2) is 58.4 Å². The third-order valence-electron chi connectivity index (χ3n) is 6.03. The summed E-state index contributed by atoms with van der Waals surface area (Å²) in [6, 6.07) is 13.4. The van der Waals surface area contributed by atoms with E-state index in [1.807, 2.05) is 11.0 Å². The van der Waals surface area contributed by atoms with Gasteiger partial charge in [-0.2, -0.15) is 0 Å². The third kappa shape index (κ3) is 5.37. The number of aliphatic imine (C=N–C) groups is 1. The van der Waals surface area contributed by atoms with Crippen molar-refractivity contribution >= 4 is 11.9 Å². The van der Waals surface area contributed by atoms with E-state index in [1.165, 1.54) is 0 Å². The summed E-state index contributed by atoms with van der Waals surface area (Å²) in [6.45, 7) is 4.79. The maximum Gasteiger partial charge on any atom is 0.251 e. The average molecular weight is 438 g/mol. The van der Waals surface area contributed by atoms with Crippen molar-refractivity contribution in [1.29, 1.82) is 0 Å². The fraction of sp³-hybridized carbons (Fsp3) is 0.458. The van der Waals surface area contributed by atoms with Crippen LogP contribution in [0.5, 0.6) is 0 Å². The van der Waals surface area contributed by atoms with Gasteiger partial charge in [-0.05, 0) is 30.0 Å². The highest BCUT2D eigenvalue weighted by molar-refractivity contribution is 5.82. The van der Waals surface area contributed by atoms with Crippen molar-refractivity contribution in [1.82, 2.24) is 19.7 Å². The number of rotatable bonds is 5. The van der Waals surface area contributed by atoms with Crippen LogP contribution < -0.4 is 10.9 Å². The molecular weight excluding hydrogens is 406 g/mol. The fourth-order valence-electron chi connectivity index (χ4n) is 4.18. The second-order valence-corrected chi connectivity index (χ2v) is 8.20. The Morgan fingerprint density at radius 3 is 2.44 bits per heavy atom. The van der Waals surface area contributed by atoms with Gasteiger partial charge in [0.2, 0.25) is 0 Å². The summed E-state index contributed by atoms with van der Waals surface area (Å²) < 4.78 is 7.23. The first-order valence-corrected chi connectivity index (χ1v) is 11.2. The van der Waals surface area contributed by atoms with E-state index < -0.39 is 0 Å². The second-order valence-electron chi connectivity index (χ2n) is 8.20. The fourth-order valence-corrected chi connectivity index (χ4v) is 4.18. The number of benzene rings is 1. The van der Waals surface area contributed by atoms with E-state index in [0.717, 1.165) is 43.0 Å². The maximum atomic E-state index is 12.5. The molecular formula is C24H31N5O3. The van der Waals surface area contributed by atoms with Crippen LogP contribution in [0.3, 0.4) is 0 Å². The lowest BCUT2D eigenvalue weighted by molar-refractivity contribution is -0.142. The minimum atomic E-state index is -0.248. The summed E-state index contributed by atoms with van der Waals surface area (Å²) >= 11 is 0. The van der Waals surface area contributed by atoms with Crippen molar-refractivity contribution in [3.05, 3.63) is 70.1 Å². The van der Waals surface area contributed by atoms with Crippen LogP contribution in [-0.4, -0.2) is 72.2 Å². The molecule has 2 aliphatic heterocycles. The molecule has 2 fully saturated rings. The van der Waals surface area contributed by atoms with E-state index in [-0.39, 0.29) is 17.6 Å². The van der Waals surface area contributed by atoms with Gasteiger partial charge in [-0.3, -0.25) is 14.6 Å². The normalized spacial score (nSPS) is 19.3. The number of ether oxygens (including phenoxy) is 1.